The molecule has 0 bridgehead atoms. The highest BCUT2D eigenvalue weighted by molar-refractivity contribution is 5.96. The Morgan fingerprint density at radius 2 is 1.68 bits per heavy atom. The number of amides is 2. The maximum Gasteiger partial charge on any atom is 0.404 e. The van der Waals surface area contributed by atoms with Crippen LogP contribution < -0.4 is 15.4 Å². The number of carboxylic acid groups (broad SMARTS) is 1. The molecule has 4 rings (SSSR count). The van der Waals surface area contributed by atoms with Crippen LogP contribution in [0.15, 0.2) is 60.8 Å². The second kappa shape index (κ2) is 12.3. The van der Waals surface area contributed by atoms with Crippen molar-refractivity contribution in [3.63, 3.8) is 0 Å². The number of rotatable bonds is 9. The van der Waals surface area contributed by atoms with Gasteiger partial charge in [0.05, 0.1) is 6.20 Å². The van der Waals surface area contributed by atoms with E-state index in [-0.39, 0.29) is 30.1 Å². The van der Waals surface area contributed by atoms with Crippen molar-refractivity contribution in [3.8, 4) is 22.8 Å². The van der Waals surface area contributed by atoms with Crippen molar-refractivity contribution >= 4 is 12.0 Å². The third kappa shape index (κ3) is 7.27. The summed E-state index contributed by atoms with van der Waals surface area (Å²) >= 11 is 0. The zero-order valence-corrected chi connectivity index (χ0v) is 20.3. The van der Waals surface area contributed by atoms with E-state index in [0.717, 1.165) is 35.4 Å². The molecule has 2 aromatic carbocycles. The number of halogens is 1. The van der Waals surface area contributed by atoms with Gasteiger partial charge in [0.15, 0.2) is 0 Å². The Kier molecular flexibility index (Phi) is 8.68. The fraction of sp³-hybridized carbons (Fsp3) is 0.321. The molecule has 9 heteroatoms. The third-order valence-electron chi connectivity index (χ3n) is 6.41. The Hall–Kier alpha value is -3.98. The lowest BCUT2D eigenvalue weighted by Crippen LogP contribution is -2.43. The number of nitrogens with one attached hydrogen (secondary N) is 2. The van der Waals surface area contributed by atoms with Gasteiger partial charge in [-0.2, -0.15) is 0 Å². The molecule has 1 fully saturated rings. The first-order chi connectivity index (χ1) is 17.9. The van der Waals surface area contributed by atoms with Gasteiger partial charge in [-0.1, -0.05) is 36.4 Å². The quantitative estimate of drug-likeness (QED) is 0.327. The van der Waals surface area contributed by atoms with Gasteiger partial charge in [-0.05, 0) is 73.4 Å². The van der Waals surface area contributed by atoms with E-state index in [0.29, 0.717) is 37.9 Å². The van der Waals surface area contributed by atoms with Crippen LogP contribution in [-0.4, -0.2) is 45.9 Å². The van der Waals surface area contributed by atoms with E-state index in [1.165, 1.54) is 0 Å². The Balaban J connectivity index is 1.45. The number of nitrogens with zero attached hydrogens (tertiary/aromatic N) is 1. The molecule has 0 radical (unpaired) electrons. The summed E-state index contributed by atoms with van der Waals surface area (Å²) in [5, 5.41) is 23.3. The van der Waals surface area contributed by atoms with Gasteiger partial charge < -0.3 is 25.6 Å². The molecule has 1 aromatic heterocycles. The molecule has 1 aliphatic carbocycles. The molecule has 0 aliphatic heterocycles. The molecular formula is C28H30FN3O5. The molecule has 0 spiro atoms. The van der Waals surface area contributed by atoms with Crippen LogP contribution in [0.3, 0.4) is 0 Å². The van der Waals surface area contributed by atoms with Gasteiger partial charge >= 0.3 is 6.09 Å². The molecule has 4 N–H and O–H groups in total. The Morgan fingerprint density at radius 3 is 2.35 bits per heavy atom. The number of hydrogen-bond acceptors (Lipinski definition) is 5. The number of hydrogen-bond donors (Lipinski definition) is 4. The zero-order valence-electron chi connectivity index (χ0n) is 20.3. The van der Waals surface area contributed by atoms with E-state index in [2.05, 4.69) is 15.6 Å². The SMILES string of the molecule is O=C(O)N[C@H]1CC[C@H](NC(=O)c2cc(F)cnc2Oc2cccc(-c3ccc(CCCO)cc3)c2)CC1. The summed E-state index contributed by atoms with van der Waals surface area (Å²) in [6.07, 6.45) is 3.90. The van der Waals surface area contributed by atoms with Crippen LogP contribution in [0.1, 0.15) is 48.0 Å². The lowest BCUT2D eigenvalue weighted by molar-refractivity contribution is 0.0919. The van der Waals surface area contributed by atoms with Gasteiger partial charge in [0, 0.05) is 18.7 Å². The van der Waals surface area contributed by atoms with Gasteiger partial charge in [-0.3, -0.25) is 4.79 Å². The number of carbonyl (C=O) groups excluding carboxylic acids is 1. The van der Waals surface area contributed by atoms with Gasteiger partial charge in [0.25, 0.3) is 5.91 Å². The van der Waals surface area contributed by atoms with Crippen LogP contribution in [0.4, 0.5) is 9.18 Å². The number of benzene rings is 2. The summed E-state index contributed by atoms with van der Waals surface area (Å²) in [5.41, 5.74) is 3.02. The molecular weight excluding hydrogens is 477 g/mol. The molecule has 194 valence electrons. The molecule has 1 saturated carbocycles. The van der Waals surface area contributed by atoms with Crippen molar-refractivity contribution in [2.45, 2.75) is 50.6 Å². The average molecular weight is 508 g/mol. The normalized spacial score (nSPS) is 17.1. The summed E-state index contributed by atoms with van der Waals surface area (Å²) in [6, 6.07) is 16.2. The van der Waals surface area contributed by atoms with Crippen molar-refractivity contribution in [1.82, 2.24) is 15.6 Å². The molecule has 0 saturated heterocycles. The summed E-state index contributed by atoms with van der Waals surface area (Å²) in [4.78, 5) is 27.9. The maximum absolute atomic E-state index is 14.0. The smallest absolute Gasteiger partial charge is 0.404 e. The van der Waals surface area contributed by atoms with E-state index in [1.807, 2.05) is 42.5 Å². The average Bonchev–Trinajstić information content (AvgIpc) is 2.90. The maximum atomic E-state index is 14.0. The van der Waals surface area contributed by atoms with E-state index < -0.39 is 17.8 Å². The van der Waals surface area contributed by atoms with Crippen LogP contribution >= 0.6 is 0 Å². The molecule has 0 atom stereocenters. The number of carbonyl (C=O) groups is 2. The lowest BCUT2D eigenvalue weighted by atomic mass is 9.91. The van der Waals surface area contributed by atoms with Crippen molar-refractivity contribution in [1.29, 1.82) is 0 Å². The van der Waals surface area contributed by atoms with E-state index in [4.69, 9.17) is 14.9 Å². The number of aliphatic hydroxyl groups is 1. The summed E-state index contributed by atoms with van der Waals surface area (Å²) < 4.78 is 20.0. The molecule has 2 amide bonds. The number of aromatic nitrogens is 1. The highest BCUT2D eigenvalue weighted by Crippen LogP contribution is 2.29. The summed E-state index contributed by atoms with van der Waals surface area (Å²) in [7, 11) is 0. The molecule has 1 aliphatic rings. The largest absolute Gasteiger partial charge is 0.465 e. The van der Waals surface area contributed by atoms with Crippen molar-refractivity contribution < 1.29 is 28.9 Å². The minimum atomic E-state index is -1.06. The standard InChI is InChI=1S/C28H30FN3O5/c29-21-16-25(26(34)31-22-10-12-23(13-11-22)32-28(35)36)27(30-17-21)37-24-5-1-4-20(15-24)19-8-6-18(7-9-19)3-2-14-33/h1,4-9,15-17,22-23,32-33H,2-3,10-14H2,(H,31,34)(H,35,36)/t22-,23-. The van der Waals surface area contributed by atoms with Gasteiger partial charge in [-0.25, -0.2) is 14.2 Å². The molecule has 37 heavy (non-hydrogen) atoms. The van der Waals surface area contributed by atoms with Crippen molar-refractivity contribution in [3.05, 3.63) is 77.7 Å². The Morgan fingerprint density at radius 1 is 0.973 bits per heavy atom. The Bertz CT molecular complexity index is 1230. The third-order valence-corrected chi connectivity index (χ3v) is 6.41. The van der Waals surface area contributed by atoms with E-state index >= 15 is 0 Å². The highest BCUT2D eigenvalue weighted by Gasteiger charge is 2.25. The van der Waals surface area contributed by atoms with Gasteiger partial charge in [-0.15, -0.1) is 0 Å². The number of pyridine rings is 1. The zero-order chi connectivity index (χ0) is 26.2. The number of aryl methyl sites for hydroxylation is 1. The molecule has 8 nitrogen and oxygen atoms in total. The number of aliphatic hydroxyl groups excluding tert-OH is 1. The molecule has 3 aromatic rings. The van der Waals surface area contributed by atoms with Gasteiger partial charge in [0.2, 0.25) is 5.88 Å². The molecule has 1 heterocycles. The van der Waals surface area contributed by atoms with E-state index in [9.17, 15) is 14.0 Å². The summed E-state index contributed by atoms with van der Waals surface area (Å²) in [6.45, 7) is 0.157. The lowest BCUT2D eigenvalue weighted by Gasteiger charge is -2.29. The first-order valence-electron chi connectivity index (χ1n) is 12.3. The van der Waals surface area contributed by atoms with Crippen LogP contribution in [0.25, 0.3) is 11.1 Å². The topological polar surface area (TPSA) is 121 Å². The highest BCUT2D eigenvalue weighted by atomic mass is 19.1. The van der Waals surface area contributed by atoms with Crippen LogP contribution in [-0.2, 0) is 6.42 Å². The van der Waals surface area contributed by atoms with Crippen molar-refractivity contribution in [2.75, 3.05) is 6.61 Å². The monoisotopic (exact) mass is 507 g/mol. The second-order valence-corrected chi connectivity index (χ2v) is 9.13. The molecule has 0 unspecified atom stereocenters. The van der Waals surface area contributed by atoms with Crippen LogP contribution in [0, 0.1) is 5.82 Å². The predicted octanol–water partition coefficient (Wildman–Crippen LogP) is 4.91. The fourth-order valence-electron chi connectivity index (χ4n) is 4.49. The first kappa shape index (κ1) is 26.1. The first-order valence-corrected chi connectivity index (χ1v) is 12.3. The summed E-state index contributed by atoms with van der Waals surface area (Å²) in [5.74, 6) is -0.694. The fourth-order valence-corrected chi connectivity index (χ4v) is 4.49. The Labute approximate surface area is 214 Å². The minimum Gasteiger partial charge on any atom is -0.465 e. The van der Waals surface area contributed by atoms with Gasteiger partial charge in [0.1, 0.15) is 17.1 Å². The van der Waals surface area contributed by atoms with Crippen LogP contribution in [0.2, 0.25) is 0 Å². The number of ether oxygens (including phenoxy) is 1. The van der Waals surface area contributed by atoms with Crippen LogP contribution in [0.5, 0.6) is 11.6 Å². The van der Waals surface area contributed by atoms with E-state index in [1.54, 1.807) is 6.07 Å². The predicted molar refractivity (Wildman–Crippen MR) is 136 cm³/mol. The second-order valence-electron chi connectivity index (χ2n) is 9.13. The minimum absolute atomic E-state index is 0.00312. The van der Waals surface area contributed by atoms with Crippen molar-refractivity contribution in [2.24, 2.45) is 0 Å².